The molecule has 0 unspecified atom stereocenters. The van der Waals surface area contributed by atoms with Crippen LogP contribution in [-0.2, 0) is 17.8 Å². The number of imidazole rings is 1. The second kappa shape index (κ2) is 12.7. The van der Waals surface area contributed by atoms with Crippen molar-refractivity contribution in [1.29, 1.82) is 0 Å². The first-order valence-corrected chi connectivity index (χ1v) is 14.8. The number of methoxy groups -OCH3 is 1. The highest BCUT2D eigenvalue weighted by Crippen LogP contribution is 2.41. The largest absolute Gasteiger partial charge is 0.496 e. The molecule has 9 nitrogen and oxygen atoms in total. The van der Waals surface area contributed by atoms with Gasteiger partial charge in [0.15, 0.2) is 23.3 Å². The second-order valence-corrected chi connectivity index (χ2v) is 12.2. The summed E-state index contributed by atoms with van der Waals surface area (Å²) < 4.78 is 94.7. The number of carbonyl (C=O) groups is 1. The number of rotatable bonds is 9. The van der Waals surface area contributed by atoms with Crippen LogP contribution in [0.2, 0.25) is 5.15 Å². The highest BCUT2D eigenvalue weighted by molar-refractivity contribution is 6.29. The topological polar surface area (TPSA) is 109 Å². The lowest BCUT2D eigenvalue weighted by Crippen LogP contribution is -2.27. The van der Waals surface area contributed by atoms with Crippen molar-refractivity contribution >= 4 is 28.6 Å². The maximum absolute atomic E-state index is 15.7. The molecule has 5 aromatic rings. The van der Waals surface area contributed by atoms with Crippen LogP contribution in [0.1, 0.15) is 47.2 Å². The fraction of sp³-hybridized carbons (Fsp3) is 0.273. The highest BCUT2D eigenvalue weighted by atomic mass is 35.5. The molecule has 1 N–H and O–H groups in total. The molecule has 6 rings (SSSR count). The van der Waals surface area contributed by atoms with E-state index in [4.69, 9.17) is 25.8 Å². The number of fused-ring (bicyclic) bond motifs is 1. The molecule has 15 heteroatoms. The predicted molar refractivity (Wildman–Crippen MR) is 163 cm³/mol. The number of nitrogens with zero attached hydrogens (tertiary/aromatic N) is 4. The second-order valence-electron chi connectivity index (χ2n) is 11.8. The molecule has 1 aliphatic rings. The van der Waals surface area contributed by atoms with E-state index in [1.165, 1.54) is 30.0 Å². The Bertz CT molecular complexity index is 2090. The van der Waals surface area contributed by atoms with Gasteiger partial charge in [-0.15, -0.1) is 0 Å². The zero-order chi connectivity index (χ0) is 34.5. The third-order valence-electron chi connectivity index (χ3n) is 8.21. The normalized spacial score (nSPS) is 15.6. The molecule has 250 valence electrons. The van der Waals surface area contributed by atoms with Crippen molar-refractivity contribution in [1.82, 2.24) is 19.5 Å². The Morgan fingerprint density at radius 1 is 1.06 bits per heavy atom. The summed E-state index contributed by atoms with van der Waals surface area (Å²) in [5, 5.41) is 9.68. The van der Waals surface area contributed by atoms with Crippen LogP contribution in [0, 0.1) is 34.5 Å². The van der Waals surface area contributed by atoms with Gasteiger partial charge >= 0.3 is 5.97 Å². The van der Waals surface area contributed by atoms with Gasteiger partial charge in [-0.2, -0.15) is 0 Å². The number of halogens is 6. The van der Waals surface area contributed by atoms with Gasteiger partial charge in [-0.05, 0) is 30.3 Å². The first-order chi connectivity index (χ1) is 22.8. The van der Waals surface area contributed by atoms with Gasteiger partial charge in [0.2, 0.25) is 0 Å². The van der Waals surface area contributed by atoms with E-state index in [1.807, 2.05) is 13.8 Å². The summed E-state index contributed by atoms with van der Waals surface area (Å²) in [5.74, 6) is -7.79. The average Bonchev–Trinajstić information content (AvgIpc) is 3.58. The van der Waals surface area contributed by atoms with E-state index in [-0.39, 0.29) is 46.5 Å². The maximum atomic E-state index is 15.7. The molecule has 2 aromatic carbocycles. The van der Waals surface area contributed by atoms with Crippen LogP contribution < -0.4 is 9.47 Å². The number of benzene rings is 2. The van der Waals surface area contributed by atoms with Crippen LogP contribution in [0.25, 0.3) is 22.3 Å². The van der Waals surface area contributed by atoms with Gasteiger partial charge < -0.3 is 23.9 Å². The smallest absolute Gasteiger partial charge is 0.335 e. The third kappa shape index (κ3) is 6.01. The van der Waals surface area contributed by atoms with Gasteiger partial charge in [0.05, 0.1) is 43.1 Å². The maximum Gasteiger partial charge on any atom is 0.335 e. The Balaban J connectivity index is 1.38. The molecule has 0 bridgehead atoms. The molecule has 1 fully saturated rings. The van der Waals surface area contributed by atoms with Crippen molar-refractivity contribution in [3.8, 4) is 22.9 Å². The van der Waals surface area contributed by atoms with Crippen molar-refractivity contribution in [2.24, 2.45) is 5.41 Å². The number of aromatic carboxylic acids is 1. The molecule has 48 heavy (non-hydrogen) atoms. The lowest BCUT2D eigenvalue weighted by molar-refractivity contribution is 0.0696. The lowest BCUT2D eigenvalue weighted by atomic mass is 9.87. The van der Waals surface area contributed by atoms with Gasteiger partial charge in [0.1, 0.15) is 34.7 Å². The van der Waals surface area contributed by atoms with Crippen LogP contribution in [0.5, 0.6) is 11.6 Å². The number of carboxylic acid groups (broad SMARTS) is 1. The zero-order valence-corrected chi connectivity index (χ0v) is 26.3. The van der Waals surface area contributed by atoms with Crippen LogP contribution in [-0.4, -0.2) is 50.9 Å². The monoisotopic (exact) mass is 688 g/mol. The van der Waals surface area contributed by atoms with Crippen LogP contribution in [0.3, 0.4) is 0 Å². The van der Waals surface area contributed by atoms with Crippen LogP contribution in [0.4, 0.5) is 22.0 Å². The first kappa shape index (κ1) is 33.1. The number of ether oxygens (including phenoxy) is 3. The van der Waals surface area contributed by atoms with Crippen molar-refractivity contribution in [3.63, 3.8) is 0 Å². The quantitative estimate of drug-likeness (QED) is 0.0976. The third-order valence-corrected chi connectivity index (χ3v) is 8.41. The summed E-state index contributed by atoms with van der Waals surface area (Å²) in [6.07, 6.45) is 0.723. The van der Waals surface area contributed by atoms with Crippen LogP contribution >= 0.6 is 11.6 Å². The number of aromatic nitrogens is 4. The molecule has 1 aliphatic heterocycles. The van der Waals surface area contributed by atoms with E-state index in [0.29, 0.717) is 24.0 Å². The fourth-order valence-electron chi connectivity index (χ4n) is 5.68. The molecule has 4 heterocycles. The van der Waals surface area contributed by atoms with Gasteiger partial charge in [-0.1, -0.05) is 25.4 Å². The van der Waals surface area contributed by atoms with Crippen LogP contribution in [0.15, 0.2) is 42.6 Å². The molecule has 0 saturated carbocycles. The Morgan fingerprint density at radius 2 is 1.83 bits per heavy atom. The van der Waals surface area contributed by atoms with Crippen molar-refractivity contribution in [3.05, 3.63) is 99.3 Å². The number of hydrogen-bond acceptors (Lipinski definition) is 7. The highest BCUT2D eigenvalue weighted by Gasteiger charge is 2.40. The molecule has 1 saturated heterocycles. The molecule has 1 atom stereocenters. The van der Waals surface area contributed by atoms with Gasteiger partial charge in [-0.25, -0.2) is 41.7 Å². The summed E-state index contributed by atoms with van der Waals surface area (Å²) in [7, 11) is 1.39. The molecule has 0 aliphatic carbocycles. The van der Waals surface area contributed by atoms with E-state index in [2.05, 4.69) is 15.0 Å². The molecule has 3 aromatic heterocycles. The van der Waals surface area contributed by atoms with E-state index in [9.17, 15) is 14.3 Å². The molecule has 0 amide bonds. The first-order valence-electron chi connectivity index (χ1n) is 14.4. The van der Waals surface area contributed by atoms with Gasteiger partial charge in [0.25, 0.3) is 5.88 Å². The molecular formula is C33H26ClF5N4O5. The number of hydrogen-bond donors (Lipinski definition) is 1. The van der Waals surface area contributed by atoms with E-state index in [0.717, 1.165) is 18.2 Å². The number of pyridine rings is 2. The Hall–Kier alpha value is -4.82. The average molecular weight is 689 g/mol. The minimum Gasteiger partial charge on any atom is -0.496 e. The van der Waals surface area contributed by atoms with Crippen molar-refractivity contribution < 1.29 is 46.1 Å². The Labute approximate surface area is 274 Å². The molecule has 0 spiro atoms. The molecular weight excluding hydrogens is 663 g/mol. The fourth-order valence-corrected chi connectivity index (χ4v) is 5.82. The predicted octanol–water partition coefficient (Wildman–Crippen LogP) is 7.32. The Kier molecular flexibility index (Phi) is 8.73. The van der Waals surface area contributed by atoms with Gasteiger partial charge in [-0.3, -0.25) is 0 Å². The summed E-state index contributed by atoms with van der Waals surface area (Å²) in [6, 6.07) is 5.57. The van der Waals surface area contributed by atoms with Crippen molar-refractivity contribution in [2.75, 3.05) is 20.3 Å². The minimum absolute atomic E-state index is 0.0392. The van der Waals surface area contributed by atoms with Gasteiger partial charge in [0, 0.05) is 40.8 Å². The van der Waals surface area contributed by atoms with Crippen molar-refractivity contribution in [2.45, 2.75) is 32.9 Å². The lowest BCUT2D eigenvalue weighted by Gasteiger charge is -2.28. The SMILES string of the molecule is COc1cc(Cl)ncc1COc1nc(-c2cc(F)c(Cc3nc4c(F)cc(C(=O)O)cc4n3[C@@H]3COCC3(C)C)c(F)c2F)ccc1F. The van der Waals surface area contributed by atoms with E-state index >= 15 is 17.6 Å². The zero-order valence-electron chi connectivity index (χ0n) is 25.6. The summed E-state index contributed by atoms with van der Waals surface area (Å²) in [4.78, 5) is 23.9. The molecule has 0 radical (unpaired) electrons. The standard InChI is InChI=1S/C33H26ClF5N4O5/c1-33(2)14-47-13-25(33)43-23-7-15(32(44)45)6-21(37)30(23)42-27(43)9-17-20(36)8-18(29(39)28(17)38)22-5-4-19(35)31(41-22)48-12-16-11-40-26(34)10-24(16)46-3/h4-8,10-11,25H,9,12-14H2,1-3H3,(H,44,45)/t25-/m1/s1. The number of carboxylic acids is 1. The summed E-state index contributed by atoms with van der Waals surface area (Å²) >= 11 is 5.87. The van der Waals surface area contributed by atoms with E-state index < -0.39 is 69.9 Å². The van der Waals surface area contributed by atoms with E-state index in [1.54, 1.807) is 0 Å². The summed E-state index contributed by atoms with van der Waals surface area (Å²) in [6.45, 7) is 3.88. The minimum atomic E-state index is -1.57. The Morgan fingerprint density at radius 3 is 2.52 bits per heavy atom. The summed E-state index contributed by atoms with van der Waals surface area (Å²) in [5.41, 5.74) is -2.31.